The summed E-state index contributed by atoms with van der Waals surface area (Å²) in [5.74, 6) is 1.87. The van der Waals surface area contributed by atoms with Crippen molar-refractivity contribution in [3.8, 4) is 5.75 Å². The van der Waals surface area contributed by atoms with Gasteiger partial charge < -0.3 is 15.0 Å². The van der Waals surface area contributed by atoms with Crippen LogP contribution >= 0.6 is 0 Å². The zero-order chi connectivity index (χ0) is 14.7. The minimum atomic E-state index is 0.340. The number of amides is 1. The molecule has 0 aromatic heterocycles. The first-order valence-corrected chi connectivity index (χ1v) is 7.91. The summed E-state index contributed by atoms with van der Waals surface area (Å²) in [5.41, 5.74) is 1.26. The smallest absolute Gasteiger partial charge is 0.222 e. The summed E-state index contributed by atoms with van der Waals surface area (Å²) < 4.78 is 5.18. The van der Waals surface area contributed by atoms with E-state index in [9.17, 15) is 4.79 Å². The van der Waals surface area contributed by atoms with Crippen LogP contribution in [-0.2, 0) is 11.2 Å². The van der Waals surface area contributed by atoms with Gasteiger partial charge in [-0.3, -0.25) is 4.79 Å². The summed E-state index contributed by atoms with van der Waals surface area (Å²) in [4.78, 5) is 14.4. The lowest BCUT2D eigenvalue weighted by molar-refractivity contribution is -0.139. The quantitative estimate of drug-likeness (QED) is 0.919. The highest BCUT2D eigenvalue weighted by Gasteiger charge is 2.36. The maximum atomic E-state index is 12.3. The number of benzene rings is 1. The molecule has 1 aromatic rings. The van der Waals surface area contributed by atoms with Crippen LogP contribution in [0.2, 0.25) is 0 Å². The first kappa shape index (κ1) is 14.4. The molecule has 0 saturated carbocycles. The molecule has 21 heavy (non-hydrogen) atoms. The largest absolute Gasteiger partial charge is 0.497 e. The summed E-state index contributed by atoms with van der Waals surface area (Å²) in [6.07, 6.45) is 3.78. The van der Waals surface area contributed by atoms with Crippen molar-refractivity contribution in [2.45, 2.75) is 31.7 Å². The first-order chi connectivity index (χ1) is 10.3. The molecule has 0 spiro atoms. The molecule has 114 valence electrons. The fourth-order valence-corrected chi connectivity index (χ4v) is 3.58. The summed E-state index contributed by atoms with van der Waals surface area (Å²) >= 11 is 0. The van der Waals surface area contributed by atoms with Crippen LogP contribution in [0.15, 0.2) is 24.3 Å². The number of carbonyl (C=O) groups is 1. The number of hydrogen-bond acceptors (Lipinski definition) is 3. The molecule has 4 nitrogen and oxygen atoms in total. The minimum absolute atomic E-state index is 0.340. The lowest BCUT2D eigenvalue weighted by Crippen LogP contribution is -2.55. The highest BCUT2D eigenvalue weighted by molar-refractivity contribution is 5.77. The minimum Gasteiger partial charge on any atom is -0.497 e. The molecule has 2 fully saturated rings. The van der Waals surface area contributed by atoms with Gasteiger partial charge in [-0.15, -0.1) is 0 Å². The summed E-state index contributed by atoms with van der Waals surface area (Å²) in [5, 5.41) is 3.45. The van der Waals surface area contributed by atoms with E-state index in [0.717, 1.165) is 44.6 Å². The molecule has 1 aromatic carbocycles. The van der Waals surface area contributed by atoms with E-state index in [4.69, 9.17) is 4.74 Å². The number of nitrogens with zero attached hydrogens (tertiary/aromatic N) is 1. The Kier molecular flexibility index (Phi) is 4.44. The predicted octanol–water partition coefficient (Wildman–Crippen LogP) is 1.84. The van der Waals surface area contributed by atoms with E-state index in [2.05, 4.69) is 22.3 Å². The number of likely N-dealkylation sites (tertiary alicyclic amines) is 1. The van der Waals surface area contributed by atoms with Gasteiger partial charge in [-0.05, 0) is 56.0 Å². The number of rotatable bonds is 4. The number of piperidine rings is 2. The highest BCUT2D eigenvalue weighted by Crippen LogP contribution is 2.28. The second kappa shape index (κ2) is 6.48. The van der Waals surface area contributed by atoms with Crippen LogP contribution < -0.4 is 10.1 Å². The molecule has 0 radical (unpaired) electrons. The van der Waals surface area contributed by atoms with Crippen molar-refractivity contribution in [2.75, 3.05) is 26.7 Å². The third-order valence-electron chi connectivity index (χ3n) is 4.82. The van der Waals surface area contributed by atoms with Crippen molar-refractivity contribution in [2.24, 2.45) is 5.92 Å². The van der Waals surface area contributed by atoms with E-state index in [0.29, 0.717) is 24.3 Å². The summed E-state index contributed by atoms with van der Waals surface area (Å²) in [6, 6.07) is 8.60. The van der Waals surface area contributed by atoms with Crippen LogP contribution in [0.3, 0.4) is 0 Å². The molecule has 2 aliphatic heterocycles. The fraction of sp³-hybridized carbons (Fsp3) is 0.588. The van der Waals surface area contributed by atoms with E-state index in [1.54, 1.807) is 7.11 Å². The number of nitrogens with one attached hydrogen (secondary N) is 1. The van der Waals surface area contributed by atoms with Crippen molar-refractivity contribution in [3.63, 3.8) is 0 Å². The van der Waals surface area contributed by atoms with Gasteiger partial charge >= 0.3 is 0 Å². The van der Waals surface area contributed by atoms with Gasteiger partial charge in [-0.1, -0.05) is 12.1 Å². The van der Waals surface area contributed by atoms with Crippen LogP contribution in [0.5, 0.6) is 5.75 Å². The van der Waals surface area contributed by atoms with Gasteiger partial charge in [0, 0.05) is 19.0 Å². The maximum Gasteiger partial charge on any atom is 0.222 e. The Bertz CT molecular complexity index is 486. The fourth-order valence-electron chi connectivity index (χ4n) is 3.58. The van der Waals surface area contributed by atoms with E-state index < -0.39 is 0 Å². The SMILES string of the molecule is COc1ccc(CCN2C(=O)CC[C@@H]3CNCC[C@@H]32)cc1. The molecular weight excluding hydrogens is 264 g/mol. The van der Waals surface area contributed by atoms with Gasteiger partial charge in [0.2, 0.25) is 5.91 Å². The Morgan fingerprint density at radius 1 is 1.29 bits per heavy atom. The molecule has 0 unspecified atom stereocenters. The number of fused-ring (bicyclic) bond motifs is 1. The van der Waals surface area contributed by atoms with Gasteiger partial charge in [-0.25, -0.2) is 0 Å². The number of ether oxygens (including phenoxy) is 1. The molecule has 2 saturated heterocycles. The summed E-state index contributed by atoms with van der Waals surface area (Å²) in [7, 11) is 1.68. The Hall–Kier alpha value is -1.55. The second-order valence-electron chi connectivity index (χ2n) is 6.04. The van der Waals surface area contributed by atoms with Crippen LogP contribution in [-0.4, -0.2) is 43.6 Å². The number of methoxy groups -OCH3 is 1. The molecular formula is C17H24N2O2. The van der Waals surface area contributed by atoms with Crippen molar-refractivity contribution in [1.82, 2.24) is 10.2 Å². The van der Waals surface area contributed by atoms with Crippen molar-refractivity contribution in [3.05, 3.63) is 29.8 Å². The molecule has 3 rings (SSSR count). The van der Waals surface area contributed by atoms with Gasteiger partial charge in [-0.2, -0.15) is 0 Å². The first-order valence-electron chi connectivity index (χ1n) is 7.91. The second-order valence-corrected chi connectivity index (χ2v) is 6.04. The average molecular weight is 288 g/mol. The standard InChI is InChI=1S/C17H24N2O2/c1-21-15-5-2-13(3-6-15)9-11-19-16-8-10-18-12-14(16)4-7-17(19)20/h2-3,5-6,14,16,18H,4,7-12H2,1H3/t14-,16+/m1/s1. The molecule has 0 aliphatic carbocycles. The number of carbonyl (C=O) groups excluding carboxylic acids is 1. The van der Waals surface area contributed by atoms with Gasteiger partial charge in [0.1, 0.15) is 5.75 Å². The Labute approximate surface area is 126 Å². The molecule has 1 amide bonds. The molecule has 2 atom stereocenters. The molecule has 0 bridgehead atoms. The van der Waals surface area contributed by atoms with Crippen LogP contribution in [0.4, 0.5) is 0 Å². The van der Waals surface area contributed by atoms with E-state index >= 15 is 0 Å². The van der Waals surface area contributed by atoms with Crippen molar-refractivity contribution < 1.29 is 9.53 Å². The van der Waals surface area contributed by atoms with E-state index in [1.165, 1.54) is 5.56 Å². The lowest BCUT2D eigenvalue weighted by Gasteiger charge is -2.44. The van der Waals surface area contributed by atoms with Gasteiger partial charge in [0.05, 0.1) is 7.11 Å². The monoisotopic (exact) mass is 288 g/mol. The van der Waals surface area contributed by atoms with E-state index in [-0.39, 0.29) is 0 Å². The van der Waals surface area contributed by atoms with Crippen LogP contribution in [0.25, 0.3) is 0 Å². The Balaban J connectivity index is 1.62. The maximum absolute atomic E-state index is 12.3. The molecule has 4 heteroatoms. The topological polar surface area (TPSA) is 41.6 Å². The number of hydrogen-bond donors (Lipinski definition) is 1. The highest BCUT2D eigenvalue weighted by atomic mass is 16.5. The Morgan fingerprint density at radius 2 is 2.10 bits per heavy atom. The third kappa shape index (κ3) is 3.21. The molecule has 2 heterocycles. The van der Waals surface area contributed by atoms with Crippen LogP contribution in [0, 0.1) is 5.92 Å². The third-order valence-corrected chi connectivity index (χ3v) is 4.82. The van der Waals surface area contributed by atoms with E-state index in [1.807, 2.05) is 12.1 Å². The van der Waals surface area contributed by atoms with Gasteiger partial charge in [0.15, 0.2) is 0 Å². The zero-order valence-electron chi connectivity index (χ0n) is 12.7. The molecule has 1 N–H and O–H groups in total. The molecule has 2 aliphatic rings. The lowest BCUT2D eigenvalue weighted by atomic mass is 9.84. The van der Waals surface area contributed by atoms with Gasteiger partial charge in [0.25, 0.3) is 0 Å². The zero-order valence-corrected chi connectivity index (χ0v) is 12.7. The van der Waals surface area contributed by atoms with Crippen molar-refractivity contribution >= 4 is 5.91 Å². The normalized spacial score (nSPS) is 25.6. The Morgan fingerprint density at radius 3 is 2.86 bits per heavy atom. The predicted molar refractivity (Wildman–Crippen MR) is 82.4 cm³/mol. The van der Waals surface area contributed by atoms with Crippen LogP contribution in [0.1, 0.15) is 24.8 Å². The average Bonchev–Trinajstić information content (AvgIpc) is 2.54. The van der Waals surface area contributed by atoms with Crippen molar-refractivity contribution in [1.29, 1.82) is 0 Å². The summed E-state index contributed by atoms with van der Waals surface area (Å²) in [6.45, 7) is 2.94.